The normalized spacial score (nSPS) is 13.4. The maximum absolute atomic E-state index is 10.7. The Morgan fingerprint density at radius 1 is 0.440 bits per heavy atom. The summed E-state index contributed by atoms with van der Waals surface area (Å²) in [6, 6.07) is 0. The Morgan fingerprint density at radius 2 is 0.480 bits per heavy atom. The minimum atomic E-state index is -6.09. The molecule has 0 heterocycles. The average Bonchev–Trinajstić information content (AvgIpc) is 2.08. The first-order valence-corrected chi connectivity index (χ1v) is 8.04. The van der Waals surface area contributed by atoms with Gasteiger partial charge in [0.25, 0.3) is 0 Å². The van der Waals surface area contributed by atoms with Gasteiger partial charge in [-0.3, -0.25) is 0 Å². The van der Waals surface area contributed by atoms with Gasteiger partial charge >= 0.3 is 54.3 Å². The van der Waals surface area contributed by atoms with Crippen molar-refractivity contribution in [1.82, 2.24) is 0 Å². The van der Waals surface area contributed by atoms with Crippen LogP contribution >= 0.6 is 0 Å². The smallest absolute Gasteiger partial charge is 0.741 e. The maximum atomic E-state index is 10.7. The molecule has 0 N–H and O–H groups in total. The fraction of sp³-hybridized carbons (Fsp3) is 1.00. The van der Waals surface area contributed by atoms with E-state index in [4.69, 9.17) is 38.9 Å². The van der Waals surface area contributed by atoms with E-state index in [0.717, 1.165) is 0 Å². The Hall–Kier alpha value is 0.360. The average molecular weight is 612 g/mol. The fourth-order valence-electron chi connectivity index (χ4n) is 0. The van der Waals surface area contributed by atoms with Crippen LogP contribution < -0.4 is 0 Å². The molecule has 22 heteroatoms. The third-order valence-electron chi connectivity index (χ3n) is 0.850. The van der Waals surface area contributed by atoms with E-state index in [1.807, 2.05) is 0 Å². The quantitative estimate of drug-likeness (QED) is 0.160. The molecular weight excluding hydrogens is 612 g/mol. The predicted molar refractivity (Wildman–Crippen MR) is 47.3 cm³/mol. The van der Waals surface area contributed by atoms with Crippen molar-refractivity contribution in [1.29, 1.82) is 0 Å². The molecule has 0 aliphatic carbocycles. The maximum Gasteiger partial charge on any atom is 3.00 e. The van der Waals surface area contributed by atoms with E-state index in [0.29, 0.717) is 0 Å². The van der Waals surface area contributed by atoms with Gasteiger partial charge in [-0.2, -0.15) is 39.5 Å². The van der Waals surface area contributed by atoms with Gasteiger partial charge in [-0.15, -0.1) is 0 Å². The molecule has 0 spiro atoms. The molecule has 0 unspecified atom stereocenters. The molecule has 0 aliphatic rings. The van der Waals surface area contributed by atoms with Gasteiger partial charge in [0.05, 0.1) is 0 Å². The van der Waals surface area contributed by atoms with E-state index >= 15 is 0 Å². The molecule has 0 amide bonds. The van der Waals surface area contributed by atoms with E-state index in [-0.39, 0.29) is 37.7 Å². The second-order valence-electron chi connectivity index (χ2n) is 2.70. The van der Waals surface area contributed by atoms with Gasteiger partial charge in [0.1, 0.15) is 0 Å². The number of hydrogen-bond acceptors (Lipinski definition) is 9. The van der Waals surface area contributed by atoms with E-state index in [2.05, 4.69) is 0 Å². The summed E-state index contributed by atoms with van der Waals surface area (Å²) in [5.41, 5.74) is -16.9. The van der Waals surface area contributed by atoms with Gasteiger partial charge in [0.15, 0.2) is 30.4 Å². The van der Waals surface area contributed by atoms with Crippen molar-refractivity contribution in [3.63, 3.8) is 0 Å². The number of halogens is 9. The summed E-state index contributed by atoms with van der Waals surface area (Å²) < 4.78 is 177. The van der Waals surface area contributed by atoms with Crippen LogP contribution in [0.1, 0.15) is 0 Å². The summed E-state index contributed by atoms with van der Waals surface area (Å²) in [5, 5.41) is 0. The second kappa shape index (κ2) is 10.1. The summed E-state index contributed by atoms with van der Waals surface area (Å²) in [6.45, 7) is 0. The largest absolute Gasteiger partial charge is 3.00 e. The Bertz CT molecular complexity index is 596. The van der Waals surface area contributed by atoms with Crippen molar-refractivity contribution in [2.24, 2.45) is 0 Å². The van der Waals surface area contributed by atoms with Crippen molar-refractivity contribution in [3.8, 4) is 0 Å². The van der Waals surface area contributed by atoms with Crippen molar-refractivity contribution in [2.75, 3.05) is 0 Å². The van der Waals surface area contributed by atoms with Crippen LogP contribution in [0.5, 0.6) is 0 Å². The SMILES string of the molecule is O=S(=O)([O-])C(F)(F)F.O=S(=O)([O-])C(F)(F)F.O=S(=O)([O-])C(F)(F)F.[Ho+3]. The van der Waals surface area contributed by atoms with Crippen molar-refractivity contribution >= 4 is 30.4 Å². The molecular formula is C3F9HoO9S3. The van der Waals surface area contributed by atoms with E-state index in [1.54, 1.807) is 0 Å². The Balaban J connectivity index is -0.000000130. The monoisotopic (exact) mass is 612 g/mol. The first-order chi connectivity index (χ1) is 9.75. The second-order valence-corrected chi connectivity index (χ2v) is 6.81. The summed E-state index contributed by atoms with van der Waals surface area (Å²) >= 11 is 0. The van der Waals surface area contributed by atoms with Crippen LogP contribution in [0.25, 0.3) is 0 Å². The molecule has 0 radical (unpaired) electrons. The Labute approximate surface area is 162 Å². The van der Waals surface area contributed by atoms with Gasteiger partial charge in [0.2, 0.25) is 0 Å². The van der Waals surface area contributed by atoms with E-state index in [9.17, 15) is 39.5 Å². The molecule has 0 saturated carbocycles. The van der Waals surface area contributed by atoms with Gasteiger partial charge in [0, 0.05) is 0 Å². The molecule has 0 bridgehead atoms. The van der Waals surface area contributed by atoms with Crippen LogP contribution in [-0.4, -0.2) is 55.4 Å². The van der Waals surface area contributed by atoms with Crippen molar-refractivity contribution < 1.29 is 116 Å². The third kappa shape index (κ3) is 16.3. The zero-order valence-electron chi connectivity index (χ0n) is 10.1. The molecule has 0 aromatic heterocycles. The third-order valence-corrected chi connectivity index (χ3v) is 2.55. The molecule has 158 valence electrons. The van der Waals surface area contributed by atoms with Gasteiger partial charge in [-0.1, -0.05) is 0 Å². The molecule has 0 fully saturated rings. The molecule has 0 atom stereocenters. The van der Waals surface area contributed by atoms with Crippen molar-refractivity contribution in [2.45, 2.75) is 16.5 Å². The zero-order valence-corrected chi connectivity index (χ0v) is 14.5. The fourth-order valence-corrected chi connectivity index (χ4v) is 0. The minimum absolute atomic E-state index is 0. The standard InChI is InChI=1S/3CHF3O3S.Ho/c3*2-1(3,4)8(5,6)7;/h3*(H,5,6,7);/q;;;+3/p-3. The van der Waals surface area contributed by atoms with Crippen LogP contribution in [-0.2, 0) is 30.4 Å². The van der Waals surface area contributed by atoms with Crippen LogP contribution in [0.4, 0.5) is 39.5 Å². The number of hydrogen-bond donors (Lipinski definition) is 0. The molecule has 0 aromatic carbocycles. The number of alkyl halides is 9. The molecule has 25 heavy (non-hydrogen) atoms. The van der Waals surface area contributed by atoms with Gasteiger partial charge < -0.3 is 13.7 Å². The summed E-state index contributed by atoms with van der Waals surface area (Å²) in [5.74, 6) is 0. The summed E-state index contributed by atoms with van der Waals surface area (Å²) in [6.07, 6.45) is 0. The van der Waals surface area contributed by atoms with Crippen molar-refractivity contribution in [3.05, 3.63) is 0 Å². The molecule has 0 aromatic rings. The van der Waals surface area contributed by atoms with Gasteiger partial charge in [-0.05, 0) is 0 Å². The molecule has 0 rings (SSSR count). The van der Waals surface area contributed by atoms with E-state index in [1.165, 1.54) is 0 Å². The summed E-state index contributed by atoms with van der Waals surface area (Å²) in [4.78, 5) is 0. The van der Waals surface area contributed by atoms with Crippen LogP contribution in [0.15, 0.2) is 0 Å². The predicted octanol–water partition coefficient (Wildman–Crippen LogP) is 0.154. The Morgan fingerprint density at radius 3 is 0.480 bits per heavy atom. The summed E-state index contributed by atoms with van der Waals surface area (Å²) in [7, 11) is -18.3. The Kier molecular flexibility index (Phi) is 13.3. The first kappa shape index (κ1) is 33.0. The topological polar surface area (TPSA) is 172 Å². The number of rotatable bonds is 0. The zero-order chi connectivity index (χ0) is 21.0. The van der Waals surface area contributed by atoms with Gasteiger partial charge in [-0.25, -0.2) is 25.3 Å². The first-order valence-electron chi connectivity index (χ1n) is 3.81. The molecule has 9 nitrogen and oxygen atoms in total. The molecule has 0 saturated heterocycles. The molecule has 0 aliphatic heterocycles. The van der Waals surface area contributed by atoms with Crippen LogP contribution in [0.2, 0.25) is 0 Å². The van der Waals surface area contributed by atoms with Crippen LogP contribution in [0.3, 0.4) is 0 Å². The minimum Gasteiger partial charge on any atom is -0.741 e. The van der Waals surface area contributed by atoms with Crippen LogP contribution in [0, 0.1) is 37.7 Å². The van der Waals surface area contributed by atoms with E-state index < -0.39 is 46.9 Å².